The fourth-order valence-electron chi connectivity index (χ4n) is 3.51. The Morgan fingerprint density at radius 1 is 1.22 bits per heavy atom. The Morgan fingerprint density at radius 2 is 1.97 bits per heavy atom. The maximum Gasteiger partial charge on any atom is 0.416 e. The topological polar surface area (TPSA) is 93.9 Å². The number of hydrogen-bond acceptors (Lipinski definition) is 6. The number of hydrogen-bond donors (Lipinski definition) is 0. The highest BCUT2D eigenvalue weighted by molar-refractivity contribution is 7.91. The maximum atomic E-state index is 12.9. The van der Waals surface area contributed by atoms with Gasteiger partial charge in [-0.05, 0) is 37.1 Å². The number of alkyl halides is 3. The van der Waals surface area contributed by atoms with Crippen molar-refractivity contribution >= 4 is 21.7 Å². The molecule has 0 bridgehead atoms. The number of carbonyl (C=O) groups excluding carboxylic acids is 2. The highest BCUT2D eigenvalue weighted by atomic mass is 32.2. The zero-order chi connectivity index (χ0) is 23.5. The molecular weight excluding hydrogens is 451 g/mol. The minimum Gasteiger partial charge on any atom is -0.450 e. The van der Waals surface area contributed by atoms with E-state index < -0.39 is 46.1 Å². The second-order valence-corrected chi connectivity index (χ2v) is 9.69. The summed E-state index contributed by atoms with van der Waals surface area (Å²) in [5.74, 6) is -1.81. The molecule has 1 saturated heterocycles. The third-order valence-electron chi connectivity index (χ3n) is 5.04. The van der Waals surface area contributed by atoms with Crippen LogP contribution in [0.4, 0.5) is 13.2 Å². The summed E-state index contributed by atoms with van der Waals surface area (Å²) in [6.07, 6.45) is -3.58. The number of halogens is 3. The Hall–Kier alpha value is -2.82. The molecule has 1 aromatic heterocycles. The largest absolute Gasteiger partial charge is 0.450 e. The van der Waals surface area contributed by atoms with Gasteiger partial charge < -0.3 is 14.1 Å². The summed E-state index contributed by atoms with van der Waals surface area (Å²) in [5.41, 5.74) is -0.724. The van der Waals surface area contributed by atoms with Gasteiger partial charge in [0.1, 0.15) is 5.76 Å². The molecular formula is C21H22F3NO6S. The zero-order valence-corrected chi connectivity index (χ0v) is 18.0. The van der Waals surface area contributed by atoms with Crippen LogP contribution < -0.4 is 0 Å². The van der Waals surface area contributed by atoms with E-state index in [1.807, 2.05) is 6.92 Å². The highest BCUT2D eigenvalue weighted by Crippen LogP contribution is 2.32. The molecule has 1 amide bonds. The number of rotatable bonds is 7. The van der Waals surface area contributed by atoms with Crippen molar-refractivity contribution in [2.45, 2.75) is 32.0 Å². The molecule has 0 N–H and O–H groups in total. The average molecular weight is 473 g/mol. The molecule has 0 aliphatic carbocycles. The lowest BCUT2D eigenvalue weighted by atomic mass is 10.1. The maximum absolute atomic E-state index is 12.9. The predicted octanol–water partition coefficient (Wildman–Crippen LogP) is 3.55. The summed E-state index contributed by atoms with van der Waals surface area (Å²) in [5, 5.41) is 0. The first-order valence-corrected chi connectivity index (χ1v) is 11.8. The summed E-state index contributed by atoms with van der Waals surface area (Å²) >= 11 is 0. The van der Waals surface area contributed by atoms with Crippen LogP contribution in [0.5, 0.6) is 0 Å². The fraction of sp³-hybridized carbons (Fsp3) is 0.429. The molecule has 0 saturated carbocycles. The van der Waals surface area contributed by atoms with Gasteiger partial charge in [0.2, 0.25) is 5.76 Å². The van der Waals surface area contributed by atoms with E-state index in [2.05, 4.69) is 0 Å². The van der Waals surface area contributed by atoms with Crippen molar-refractivity contribution in [1.29, 1.82) is 0 Å². The van der Waals surface area contributed by atoms with Gasteiger partial charge in [-0.25, -0.2) is 13.2 Å². The molecule has 1 aromatic carbocycles. The van der Waals surface area contributed by atoms with Crippen LogP contribution in [-0.4, -0.2) is 55.9 Å². The first-order valence-electron chi connectivity index (χ1n) is 9.94. The lowest BCUT2D eigenvalue weighted by molar-refractivity contribution is -0.137. The van der Waals surface area contributed by atoms with E-state index in [1.165, 1.54) is 29.2 Å². The molecule has 1 fully saturated rings. The summed E-state index contributed by atoms with van der Waals surface area (Å²) in [6, 6.07) is 6.58. The van der Waals surface area contributed by atoms with Gasteiger partial charge in [0.05, 0.1) is 17.1 Å². The van der Waals surface area contributed by atoms with Gasteiger partial charge in [-0.3, -0.25) is 4.79 Å². The minimum absolute atomic E-state index is 0.00958. The van der Waals surface area contributed by atoms with E-state index in [0.29, 0.717) is 19.4 Å². The van der Waals surface area contributed by atoms with Crippen molar-refractivity contribution in [2.24, 2.45) is 0 Å². The molecule has 1 atom stereocenters. The van der Waals surface area contributed by atoms with Crippen molar-refractivity contribution in [2.75, 3.05) is 24.7 Å². The van der Waals surface area contributed by atoms with Gasteiger partial charge in [0.15, 0.2) is 16.4 Å². The quantitative estimate of drug-likeness (QED) is 0.571. The van der Waals surface area contributed by atoms with Gasteiger partial charge in [0, 0.05) is 18.2 Å². The van der Waals surface area contributed by atoms with Crippen LogP contribution in [-0.2, 0) is 25.5 Å². The summed E-state index contributed by atoms with van der Waals surface area (Å²) in [6.45, 7) is 1.57. The van der Waals surface area contributed by atoms with Gasteiger partial charge >= 0.3 is 12.1 Å². The van der Waals surface area contributed by atoms with Crippen molar-refractivity contribution < 1.29 is 40.3 Å². The number of ether oxygens (including phenoxy) is 1. The van der Waals surface area contributed by atoms with E-state index >= 15 is 0 Å². The monoisotopic (exact) mass is 473 g/mol. The molecule has 0 radical (unpaired) electrons. The third kappa shape index (κ3) is 5.70. The Morgan fingerprint density at radius 3 is 2.59 bits per heavy atom. The van der Waals surface area contributed by atoms with Gasteiger partial charge in [-0.2, -0.15) is 13.2 Å². The van der Waals surface area contributed by atoms with Gasteiger partial charge in [-0.1, -0.05) is 19.1 Å². The number of carbonyl (C=O) groups is 2. The second-order valence-electron chi connectivity index (χ2n) is 7.46. The Bertz CT molecular complexity index is 1090. The van der Waals surface area contributed by atoms with Crippen LogP contribution in [0.1, 0.15) is 35.9 Å². The van der Waals surface area contributed by atoms with Crippen molar-refractivity contribution in [3.8, 4) is 11.3 Å². The molecule has 2 heterocycles. The molecule has 2 aromatic rings. The van der Waals surface area contributed by atoms with E-state index in [0.717, 1.165) is 12.1 Å². The van der Waals surface area contributed by atoms with E-state index in [4.69, 9.17) is 9.15 Å². The van der Waals surface area contributed by atoms with Crippen LogP contribution in [0.15, 0.2) is 40.8 Å². The van der Waals surface area contributed by atoms with E-state index in [1.54, 1.807) is 0 Å². The summed E-state index contributed by atoms with van der Waals surface area (Å²) < 4.78 is 72.4. The average Bonchev–Trinajstić information content (AvgIpc) is 3.36. The molecule has 3 rings (SSSR count). The Labute approximate surface area is 183 Å². The smallest absolute Gasteiger partial charge is 0.416 e. The molecule has 1 aliphatic rings. The van der Waals surface area contributed by atoms with Crippen LogP contribution in [0.3, 0.4) is 0 Å². The SMILES string of the molecule is CCCN(C(=O)COC(=O)c1ccc(-c2cccc(C(F)(F)F)c2)o1)C1CCS(=O)(=O)C1. The third-order valence-corrected chi connectivity index (χ3v) is 6.79. The van der Waals surface area contributed by atoms with Crippen LogP contribution in [0.25, 0.3) is 11.3 Å². The first kappa shape index (κ1) is 23.8. The predicted molar refractivity (Wildman–Crippen MR) is 108 cm³/mol. The molecule has 1 aliphatic heterocycles. The normalized spacial score (nSPS) is 17.8. The second kappa shape index (κ2) is 9.35. The van der Waals surface area contributed by atoms with Gasteiger partial charge in [0.25, 0.3) is 5.91 Å². The van der Waals surface area contributed by atoms with Crippen LogP contribution >= 0.6 is 0 Å². The van der Waals surface area contributed by atoms with E-state index in [-0.39, 0.29) is 28.6 Å². The fourth-order valence-corrected chi connectivity index (χ4v) is 5.24. The minimum atomic E-state index is -4.52. The first-order chi connectivity index (χ1) is 15.0. The number of furan rings is 1. The number of esters is 1. The number of benzene rings is 1. The lowest BCUT2D eigenvalue weighted by Crippen LogP contribution is -2.43. The molecule has 11 heteroatoms. The Kier molecular flexibility index (Phi) is 6.97. The van der Waals surface area contributed by atoms with Crippen molar-refractivity contribution in [3.05, 3.63) is 47.7 Å². The molecule has 0 spiro atoms. The number of sulfone groups is 1. The summed E-state index contributed by atoms with van der Waals surface area (Å²) in [4.78, 5) is 26.2. The molecule has 32 heavy (non-hydrogen) atoms. The molecule has 174 valence electrons. The van der Waals surface area contributed by atoms with E-state index in [9.17, 15) is 31.2 Å². The van der Waals surface area contributed by atoms with Crippen LogP contribution in [0, 0.1) is 0 Å². The number of nitrogens with zero attached hydrogens (tertiary/aromatic N) is 1. The Balaban J connectivity index is 1.64. The molecule has 7 nitrogen and oxygen atoms in total. The lowest BCUT2D eigenvalue weighted by Gasteiger charge is -2.27. The number of amides is 1. The van der Waals surface area contributed by atoms with Crippen LogP contribution in [0.2, 0.25) is 0 Å². The van der Waals surface area contributed by atoms with Crippen molar-refractivity contribution in [1.82, 2.24) is 4.90 Å². The van der Waals surface area contributed by atoms with Gasteiger partial charge in [-0.15, -0.1) is 0 Å². The van der Waals surface area contributed by atoms with Crippen molar-refractivity contribution in [3.63, 3.8) is 0 Å². The zero-order valence-electron chi connectivity index (χ0n) is 17.2. The standard InChI is InChI=1S/C21H22F3NO6S/c1-2-9-25(16-8-10-32(28,29)13-16)19(26)12-30-20(27)18-7-6-17(31-18)14-4-3-5-15(11-14)21(22,23)24/h3-7,11,16H,2,8-10,12-13H2,1H3. The molecule has 1 unspecified atom stereocenters. The summed E-state index contributed by atoms with van der Waals surface area (Å²) in [7, 11) is -3.19. The highest BCUT2D eigenvalue weighted by Gasteiger charge is 2.34.